The first-order chi connectivity index (χ1) is 9.07. The molecule has 6 heteroatoms. The van der Waals surface area contributed by atoms with Gasteiger partial charge >= 0.3 is 0 Å². The molecule has 0 aliphatic heterocycles. The van der Waals surface area contributed by atoms with Crippen molar-refractivity contribution in [3.05, 3.63) is 22.2 Å². The van der Waals surface area contributed by atoms with Crippen LogP contribution in [0.1, 0.15) is 32.8 Å². The first-order valence-electron chi connectivity index (χ1n) is 6.61. The number of halogens is 1. The molecule has 1 aromatic carbocycles. The number of nitrogens with two attached hydrogens (primary N) is 1. The lowest BCUT2D eigenvalue weighted by atomic mass is 10.1. The number of rotatable bonds is 5. The molecule has 0 spiro atoms. The summed E-state index contributed by atoms with van der Waals surface area (Å²) in [6.07, 6.45) is 0.818. The second-order valence-corrected chi connectivity index (χ2v) is 8.50. The Bertz CT molecular complexity index is 585. The largest absolute Gasteiger partial charge is 0.398 e. The molecule has 0 heterocycles. The highest BCUT2D eigenvalue weighted by Gasteiger charge is 2.28. The van der Waals surface area contributed by atoms with Gasteiger partial charge < -0.3 is 5.73 Å². The van der Waals surface area contributed by atoms with Crippen LogP contribution in [-0.2, 0) is 10.0 Å². The Morgan fingerprint density at radius 3 is 2.35 bits per heavy atom. The van der Waals surface area contributed by atoms with E-state index in [9.17, 15) is 8.42 Å². The number of nitrogen functional groups attached to an aromatic ring is 1. The Morgan fingerprint density at radius 1 is 1.30 bits per heavy atom. The van der Waals surface area contributed by atoms with Gasteiger partial charge in [-0.25, -0.2) is 8.42 Å². The van der Waals surface area contributed by atoms with Crippen molar-refractivity contribution >= 4 is 31.6 Å². The van der Waals surface area contributed by atoms with E-state index in [0.717, 1.165) is 6.42 Å². The molecular weight excluding hydrogens is 340 g/mol. The number of sulfonamides is 1. The van der Waals surface area contributed by atoms with Gasteiger partial charge in [0.25, 0.3) is 0 Å². The zero-order valence-corrected chi connectivity index (χ0v) is 15.0. The summed E-state index contributed by atoms with van der Waals surface area (Å²) in [6.45, 7) is 7.82. The van der Waals surface area contributed by atoms with Crippen LogP contribution in [0.15, 0.2) is 21.5 Å². The highest BCUT2D eigenvalue weighted by Crippen LogP contribution is 2.29. The zero-order valence-electron chi connectivity index (χ0n) is 12.6. The molecule has 0 aliphatic carbocycles. The first-order valence-corrected chi connectivity index (χ1v) is 8.84. The van der Waals surface area contributed by atoms with Crippen LogP contribution < -0.4 is 5.73 Å². The summed E-state index contributed by atoms with van der Waals surface area (Å²) in [4.78, 5) is 0.266. The van der Waals surface area contributed by atoms with Crippen molar-refractivity contribution in [2.45, 2.75) is 45.1 Å². The average Bonchev–Trinajstić information content (AvgIpc) is 2.31. The summed E-state index contributed by atoms with van der Waals surface area (Å²) in [5, 5.41) is 0. The molecule has 114 valence electrons. The summed E-state index contributed by atoms with van der Waals surface area (Å²) < 4.78 is 27.6. The Morgan fingerprint density at radius 2 is 1.85 bits per heavy atom. The van der Waals surface area contributed by atoms with E-state index >= 15 is 0 Å². The molecule has 0 bridgehead atoms. The Kier molecular flexibility index (Phi) is 5.63. The van der Waals surface area contributed by atoms with Crippen molar-refractivity contribution in [1.82, 2.24) is 4.31 Å². The van der Waals surface area contributed by atoms with Crippen LogP contribution in [0.5, 0.6) is 0 Å². The minimum atomic E-state index is -3.54. The molecule has 20 heavy (non-hydrogen) atoms. The second kappa shape index (κ2) is 6.45. The number of anilines is 1. The predicted octanol–water partition coefficient (Wildman–Crippen LogP) is 3.39. The summed E-state index contributed by atoms with van der Waals surface area (Å²) in [7, 11) is -1.91. The monoisotopic (exact) mass is 362 g/mol. The molecule has 0 saturated carbocycles. The van der Waals surface area contributed by atoms with E-state index in [2.05, 4.69) is 29.8 Å². The average molecular weight is 363 g/mol. The molecule has 1 rings (SSSR count). The molecule has 1 aromatic rings. The van der Waals surface area contributed by atoms with E-state index in [1.165, 1.54) is 4.31 Å². The minimum absolute atomic E-state index is 0.0559. The van der Waals surface area contributed by atoms with Gasteiger partial charge in [0, 0.05) is 23.2 Å². The van der Waals surface area contributed by atoms with Gasteiger partial charge in [-0.3, -0.25) is 0 Å². The third-order valence-electron chi connectivity index (χ3n) is 3.46. The lowest BCUT2D eigenvalue weighted by Gasteiger charge is -2.26. The normalized spacial score (nSPS) is 14.0. The highest BCUT2D eigenvalue weighted by molar-refractivity contribution is 9.10. The maximum Gasteiger partial charge on any atom is 0.243 e. The molecule has 0 amide bonds. The van der Waals surface area contributed by atoms with E-state index < -0.39 is 10.0 Å². The van der Waals surface area contributed by atoms with Crippen LogP contribution in [-0.4, -0.2) is 25.8 Å². The number of hydrogen-bond donors (Lipinski definition) is 1. The van der Waals surface area contributed by atoms with Gasteiger partial charge in [0.1, 0.15) is 0 Å². The van der Waals surface area contributed by atoms with Crippen LogP contribution in [0.2, 0.25) is 0 Å². The van der Waals surface area contributed by atoms with Crippen LogP contribution in [0, 0.1) is 12.8 Å². The van der Waals surface area contributed by atoms with E-state index in [1.54, 1.807) is 26.1 Å². The predicted molar refractivity (Wildman–Crippen MR) is 87.2 cm³/mol. The number of hydrogen-bond acceptors (Lipinski definition) is 3. The second-order valence-electron chi connectivity index (χ2n) is 5.62. The van der Waals surface area contributed by atoms with E-state index in [4.69, 9.17) is 5.73 Å². The molecule has 1 atom stereocenters. The minimum Gasteiger partial charge on any atom is -0.398 e. The van der Waals surface area contributed by atoms with Gasteiger partial charge in [-0.05, 0) is 43.9 Å². The fraction of sp³-hybridized carbons (Fsp3) is 0.571. The molecule has 0 aliphatic rings. The Balaban J connectivity index is 3.23. The van der Waals surface area contributed by atoms with Crippen molar-refractivity contribution in [2.24, 2.45) is 5.92 Å². The summed E-state index contributed by atoms with van der Waals surface area (Å²) in [6, 6.07) is 3.27. The van der Waals surface area contributed by atoms with Crippen molar-refractivity contribution in [3.63, 3.8) is 0 Å². The van der Waals surface area contributed by atoms with Crippen molar-refractivity contribution in [1.29, 1.82) is 0 Å². The molecule has 1 unspecified atom stereocenters. The van der Waals surface area contributed by atoms with Gasteiger partial charge in [-0.1, -0.05) is 29.8 Å². The third-order valence-corrected chi connectivity index (χ3v) is 6.01. The lowest BCUT2D eigenvalue weighted by Crippen LogP contribution is -2.36. The highest BCUT2D eigenvalue weighted by atomic mass is 79.9. The van der Waals surface area contributed by atoms with E-state index in [-0.39, 0.29) is 10.9 Å². The number of benzene rings is 1. The lowest BCUT2D eigenvalue weighted by molar-refractivity contribution is 0.337. The fourth-order valence-corrected chi connectivity index (χ4v) is 4.44. The topological polar surface area (TPSA) is 63.4 Å². The molecule has 0 aromatic heterocycles. The quantitative estimate of drug-likeness (QED) is 0.816. The van der Waals surface area contributed by atoms with Crippen LogP contribution >= 0.6 is 15.9 Å². The molecule has 0 radical (unpaired) electrons. The van der Waals surface area contributed by atoms with E-state index in [0.29, 0.717) is 21.6 Å². The standard InChI is InChI=1S/C14H23BrN2O2S/c1-9(2)6-10(3)17(5)20(18,19)14-8-12(15)7-13(16)11(14)4/h7-10H,6,16H2,1-5H3. The SMILES string of the molecule is Cc1c(N)cc(Br)cc1S(=O)(=O)N(C)C(C)CC(C)C. The molecule has 4 nitrogen and oxygen atoms in total. The third kappa shape index (κ3) is 3.74. The van der Waals surface area contributed by atoms with Crippen LogP contribution in [0.3, 0.4) is 0 Å². The van der Waals surface area contributed by atoms with Crippen molar-refractivity contribution in [2.75, 3.05) is 12.8 Å². The van der Waals surface area contributed by atoms with Gasteiger partial charge in [0.2, 0.25) is 10.0 Å². The molecular formula is C14H23BrN2O2S. The Labute approximate surface area is 130 Å². The maximum absolute atomic E-state index is 12.7. The van der Waals surface area contributed by atoms with E-state index in [1.807, 2.05) is 6.92 Å². The maximum atomic E-state index is 12.7. The zero-order chi connectivity index (χ0) is 15.7. The van der Waals surface area contributed by atoms with Crippen molar-refractivity contribution in [3.8, 4) is 0 Å². The smallest absolute Gasteiger partial charge is 0.243 e. The van der Waals surface area contributed by atoms with Crippen LogP contribution in [0.25, 0.3) is 0 Å². The van der Waals surface area contributed by atoms with Gasteiger partial charge in [0.15, 0.2) is 0 Å². The van der Waals surface area contributed by atoms with Crippen LogP contribution in [0.4, 0.5) is 5.69 Å². The van der Waals surface area contributed by atoms with Gasteiger partial charge in [-0.2, -0.15) is 4.31 Å². The summed E-state index contributed by atoms with van der Waals surface area (Å²) in [5.41, 5.74) is 6.93. The fourth-order valence-electron chi connectivity index (χ4n) is 2.16. The molecule has 0 fully saturated rings. The molecule has 2 N–H and O–H groups in total. The summed E-state index contributed by atoms with van der Waals surface area (Å²) >= 11 is 3.30. The first kappa shape index (κ1) is 17.5. The van der Waals surface area contributed by atoms with Crippen molar-refractivity contribution < 1.29 is 8.42 Å². The molecule has 0 saturated heterocycles. The van der Waals surface area contributed by atoms with Gasteiger partial charge in [0.05, 0.1) is 4.90 Å². The Hall–Kier alpha value is -0.590. The van der Waals surface area contributed by atoms with Gasteiger partial charge in [-0.15, -0.1) is 0 Å². The number of nitrogens with zero attached hydrogens (tertiary/aromatic N) is 1. The summed E-state index contributed by atoms with van der Waals surface area (Å²) in [5.74, 6) is 0.441.